The van der Waals surface area contributed by atoms with Gasteiger partial charge in [0.15, 0.2) is 11.6 Å². The fraction of sp³-hybridized carbons (Fsp3) is 0.588. The molecule has 0 bridgehead atoms. The second-order valence-electron chi connectivity index (χ2n) is 17.5. The summed E-state index contributed by atoms with van der Waals surface area (Å²) in [6.45, 7) is 12.3. The number of rotatable bonds is 28. The Balaban J connectivity index is 1.18. The van der Waals surface area contributed by atoms with Crippen molar-refractivity contribution in [1.29, 1.82) is 0 Å². The van der Waals surface area contributed by atoms with Gasteiger partial charge in [-0.05, 0) is 104 Å². The second-order valence-corrected chi connectivity index (χ2v) is 17.5. The highest BCUT2D eigenvalue weighted by Crippen LogP contribution is 2.25. The molecule has 0 aromatic heterocycles. The van der Waals surface area contributed by atoms with Crippen LogP contribution in [0.3, 0.4) is 0 Å². The van der Waals surface area contributed by atoms with Gasteiger partial charge in [-0.25, -0.2) is 9.59 Å². The van der Waals surface area contributed by atoms with Gasteiger partial charge in [-0.3, -0.25) is 4.79 Å². The van der Waals surface area contributed by atoms with E-state index in [9.17, 15) is 14.4 Å². The van der Waals surface area contributed by atoms with Gasteiger partial charge < -0.3 is 34.3 Å². The van der Waals surface area contributed by atoms with E-state index in [1.54, 1.807) is 6.08 Å². The molecule has 3 rings (SSSR count). The second kappa shape index (κ2) is 29.1. The molecule has 1 heterocycles. The maximum Gasteiger partial charge on any atom is 0.407 e. The standard InChI is InChI=1S/C51H76N2O8/c1-41(52-49(56)61-50(2,3)4)46(57-38-42-30-22-20-23-31-42)36-28-19-15-17-27-35-44(54)34-26-16-13-11-9-7-8-10-12-14-18-29-37-47-45(40-59-51(5,6)60-47)53-48(55)58-39-43-32-24-21-25-33-43/h18-25,27-33,35,41,45-47H,7-17,26,34,36-40H2,1-6H3,(H,52,56)(H,53,55)/b28-19+,29-18+,35-27+. The molecule has 4 atom stereocenters. The number of ether oxygens (including phenoxy) is 5. The molecular weight excluding hydrogens is 769 g/mol. The molecule has 2 amide bonds. The summed E-state index contributed by atoms with van der Waals surface area (Å²) in [4.78, 5) is 37.2. The average Bonchev–Trinajstić information content (AvgIpc) is 3.21. The molecule has 2 aromatic carbocycles. The normalized spacial score (nSPS) is 17.7. The van der Waals surface area contributed by atoms with Crippen molar-refractivity contribution >= 4 is 18.0 Å². The van der Waals surface area contributed by atoms with Crippen LogP contribution in [0, 0.1) is 0 Å². The van der Waals surface area contributed by atoms with Crippen LogP contribution >= 0.6 is 0 Å². The van der Waals surface area contributed by atoms with E-state index in [4.69, 9.17) is 23.7 Å². The molecular formula is C51H76N2O8. The molecule has 0 radical (unpaired) electrons. The Morgan fingerprint density at radius 1 is 0.754 bits per heavy atom. The summed E-state index contributed by atoms with van der Waals surface area (Å²) in [5, 5.41) is 5.86. The molecule has 10 heteroatoms. The van der Waals surface area contributed by atoms with Gasteiger partial charge in [0, 0.05) is 6.42 Å². The molecule has 2 N–H and O–H groups in total. The molecule has 10 nitrogen and oxygen atoms in total. The van der Waals surface area contributed by atoms with E-state index in [1.165, 1.54) is 38.5 Å². The third-order valence-electron chi connectivity index (χ3n) is 10.3. The largest absolute Gasteiger partial charge is 0.445 e. The van der Waals surface area contributed by atoms with Gasteiger partial charge >= 0.3 is 12.2 Å². The van der Waals surface area contributed by atoms with Crippen LogP contribution < -0.4 is 10.6 Å². The van der Waals surface area contributed by atoms with E-state index in [-0.39, 0.29) is 36.7 Å². The monoisotopic (exact) mass is 845 g/mol. The number of benzene rings is 2. The lowest BCUT2D eigenvalue weighted by Crippen LogP contribution is -2.55. The number of amides is 2. The van der Waals surface area contributed by atoms with Crippen LogP contribution in [-0.2, 0) is 41.7 Å². The lowest BCUT2D eigenvalue weighted by Gasteiger charge is -2.40. The van der Waals surface area contributed by atoms with Crippen molar-refractivity contribution in [2.24, 2.45) is 0 Å². The lowest BCUT2D eigenvalue weighted by atomic mass is 10.0. The Hall–Kier alpha value is -4.25. The maximum absolute atomic E-state index is 12.5. The van der Waals surface area contributed by atoms with Gasteiger partial charge in [0.1, 0.15) is 12.2 Å². The van der Waals surface area contributed by atoms with Gasteiger partial charge in [-0.1, -0.05) is 136 Å². The summed E-state index contributed by atoms with van der Waals surface area (Å²) >= 11 is 0. The van der Waals surface area contributed by atoms with Crippen molar-refractivity contribution in [3.63, 3.8) is 0 Å². The van der Waals surface area contributed by atoms with Gasteiger partial charge in [0.25, 0.3) is 0 Å². The number of alkyl carbamates (subject to hydrolysis) is 2. The van der Waals surface area contributed by atoms with Crippen LogP contribution in [-0.4, -0.2) is 60.3 Å². The Bertz CT molecular complexity index is 1600. The van der Waals surface area contributed by atoms with E-state index in [0.29, 0.717) is 32.5 Å². The number of ketones is 1. The van der Waals surface area contributed by atoms with E-state index in [2.05, 4.69) is 34.9 Å². The van der Waals surface area contributed by atoms with Crippen LogP contribution in [0.1, 0.15) is 149 Å². The zero-order valence-corrected chi connectivity index (χ0v) is 38.0. The first kappa shape index (κ1) is 51.1. The third kappa shape index (κ3) is 24.7. The van der Waals surface area contributed by atoms with Gasteiger partial charge in [0.2, 0.25) is 0 Å². The SMILES string of the molecule is CC(NC(=O)OC(C)(C)C)C(C/C=C/CC/C=C/C(=O)CCCCCCCCCCC/C=C/CC1OC(C)(C)OCC1NC(=O)OCc1ccccc1)OCc1ccccc1. The van der Waals surface area contributed by atoms with Crippen molar-refractivity contribution < 1.29 is 38.1 Å². The summed E-state index contributed by atoms with van der Waals surface area (Å²) in [6, 6.07) is 19.1. The highest BCUT2D eigenvalue weighted by atomic mass is 16.7. The molecule has 1 aliphatic heterocycles. The molecule has 338 valence electrons. The first-order valence-electron chi connectivity index (χ1n) is 22.7. The van der Waals surface area contributed by atoms with Crippen molar-refractivity contribution in [3.05, 3.63) is 108 Å². The Labute approximate surface area is 367 Å². The minimum absolute atomic E-state index is 0.192. The summed E-state index contributed by atoms with van der Waals surface area (Å²) in [5.41, 5.74) is 1.45. The lowest BCUT2D eigenvalue weighted by molar-refractivity contribution is -0.280. The Kier molecular flexibility index (Phi) is 24.4. The number of unbranched alkanes of at least 4 members (excludes halogenated alkanes) is 10. The molecule has 1 aliphatic rings. The Morgan fingerprint density at radius 3 is 2.00 bits per heavy atom. The van der Waals surface area contributed by atoms with Gasteiger partial charge in [-0.2, -0.15) is 0 Å². The predicted octanol–water partition coefficient (Wildman–Crippen LogP) is 12.0. The number of allylic oxidation sites excluding steroid dienone is 4. The number of hydrogen-bond acceptors (Lipinski definition) is 8. The van der Waals surface area contributed by atoms with Gasteiger partial charge in [0.05, 0.1) is 37.5 Å². The Morgan fingerprint density at radius 2 is 1.34 bits per heavy atom. The van der Waals surface area contributed by atoms with Crippen LogP contribution in [0.5, 0.6) is 0 Å². The fourth-order valence-electron chi connectivity index (χ4n) is 6.91. The maximum atomic E-state index is 12.5. The predicted molar refractivity (Wildman–Crippen MR) is 244 cm³/mol. The molecule has 1 saturated heterocycles. The van der Waals surface area contributed by atoms with Crippen LogP contribution in [0.25, 0.3) is 0 Å². The fourth-order valence-corrected chi connectivity index (χ4v) is 6.91. The zero-order chi connectivity index (χ0) is 44.2. The van der Waals surface area contributed by atoms with Crippen molar-refractivity contribution in [2.75, 3.05) is 6.61 Å². The van der Waals surface area contributed by atoms with E-state index >= 15 is 0 Å². The first-order valence-corrected chi connectivity index (χ1v) is 22.7. The number of hydrogen-bond donors (Lipinski definition) is 2. The summed E-state index contributed by atoms with van der Waals surface area (Å²) < 4.78 is 29.0. The molecule has 0 spiro atoms. The first-order chi connectivity index (χ1) is 29.3. The highest BCUT2D eigenvalue weighted by Gasteiger charge is 2.37. The summed E-state index contributed by atoms with van der Waals surface area (Å²) in [7, 11) is 0. The van der Waals surface area contributed by atoms with E-state index in [1.807, 2.05) is 108 Å². The number of nitrogens with one attached hydrogen (secondary N) is 2. The van der Waals surface area contributed by atoms with Crippen molar-refractivity contribution in [1.82, 2.24) is 10.6 Å². The average molecular weight is 845 g/mol. The number of carbonyl (C=O) groups is 3. The van der Waals surface area contributed by atoms with E-state index < -0.39 is 23.6 Å². The van der Waals surface area contributed by atoms with Crippen molar-refractivity contribution in [3.8, 4) is 0 Å². The quantitative estimate of drug-likeness (QED) is 0.0493. The molecule has 2 aromatic rings. The van der Waals surface area contributed by atoms with Crippen molar-refractivity contribution in [2.45, 2.75) is 187 Å². The third-order valence-corrected chi connectivity index (χ3v) is 10.3. The topological polar surface area (TPSA) is 121 Å². The van der Waals surface area contributed by atoms with E-state index in [0.717, 1.165) is 49.7 Å². The van der Waals surface area contributed by atoms with Gasteiger partial charge in [-0.15, -0.1) is 0 Å². The molecule has 61 heavy (non-hydrogen) atoms. The van der Waals surface area contributed by atoms with Crippen LogP contribution in [0.4, 0.5) is 9.59 Å². The zero-order valence-electron chi connectivity index (χ0n) is 38.0. The molecule has 0 aliphatic carbocycles. The molecule has 0 saturated carbocycles. The van der Waals surface area contributed by atoms with Crippen LogP contribution in [0.2, 0.25) is 0 Å². The minimum atomic E-state index is -0.697. The molecule has 1 fully saturated rings. The summed E-state index contributed by atoms with van der Waals surface area (Å²) in [5.74, 6) is -0.494. The number of carbonyl (C=O) groups excluding carboxylic acids is 3. The summed E-state index contributed by atoms with van der Waals surface area (Å²) in [6.07, 6.45) is 26.2. The smallest absolute Gasteiger partial charge is 0.407 e. The highest BCUT2D eigenvalue weighted by molar-refractivity contribution is 5.89. The van der Waals surface area contributed by atoms with Crippen LogP contribution in [0.15, 0.2) is 97.1 Å². The molecule has 4 unspecified atom stereocenters. The minimum Gasteiger partial charge on any atom is -0.445 e.